The number of nitrogens with zero attached hydrogens (tertiary/aromatic N) is 2. The third-order valence-corrected chi connectivity index (χ3v) is 4.02. The Labute approximate surface area is 122 Å². The molecule has 100 valence electrons. The quantitative estimate of drug-likeness (QED) is 0.803. The number of amides is 1. The van der Waals surface area contributed by atoms with Gasteiger partial charge in [0.2, 0.25) is 0 Å². The summed E-state index contributed by atoms with van der Waals surface area (Å²) >= 11 is 3.47. The van der Waals surface area contributed by atoms with Crippen molar-refractivity contribution in [3.05, 3.63) is 35.4 Å². The second-order valence-corrected chi connectivity index (χ2v) is 5.72. The normalized spacial score (nSPS) is 18.9. The lowest BCUT2D eigenvalue weighted by atomic mass is 9.95. The Morgan fingerprint density at radius 2 is 2.37 bits per heavy atom. The standard InChI is InChI=1S/C15H17BrN2O/c16-7-6-12-4-2-8-18(11-12)15(19)14-5-1-3-13(9-14)10-17/h1,3,5,9,12H,2,4,6-8,11H2. The summed E-state index contributed by atoms with van der Waals surface area (Å²) in [5.74, 6) is 0.646. The first-order valence-electron chi connectivity index (χ1n) is 6.60. The van der Waals surface area contributed by atoms with Crippen molar-refractivity contribution in [2.75, 3.05) is 18.4 Å². The second-order valence-electron chi connectivity index (χ2n) is 4.93. The Kier molecular flexibility index (Phi) is 4.98. The van der Waals surface area contributed by atoms with E-state index in [-0.39, 0.29) is 5.91 Å². The van der Waals surface area contributed by atoms with Crippen LogP contribution in [0.25, 0.3) is 0 Å². The van der Waals surface area contributed by atoms with Gasteiger partial charge < -0.3 is 4.90 Å². The fourth-order valence-corrected chi connectivity index (χ4v) is 3.19. The van der Waals surface area contributed by atoms with E-state index in [4.69, 9.17) is 5.26 Å². The Balaban J connectivity index is 2.08. The smallest absolute Gasteiger partial charge is 0.253 e. The van der Waals surface area contributed by atoms with Crippen LogP contribution >= 0.6 is 15.9 Å². The van der Waals surface area contributed by atoms with Crippen LogP contribution < -0.4 is 0 Å². The van der Waals surface area contributed by atoms with Gasteiger partial charge in [-0.3, -0.25) is 4.79 Å². The van der Waals surface area contributed by atoms with Gasteiger partial charge in [-0.15, -0.1) is 0 Å². The molecule has 1 saturated heterocycles. The summed E-state index contributed by atoms with van der Waals surface area (Å²) in [6, 6.07) is 9.04. The average Bonchev–Trinajstić information content (AvgIpc) is 2.47. The van der Waals surface area contributed by atoms with Gasteiger partial charge in [0, 0.05) is 24.0 Å². The van der Waals surface area contributed by atoms with Crippen molar-refractivity contribution in [1.29, 1.82) is 5.26 Å². The molecule has 0 spiro atoms. The molecular weight excluding hydrogens is 304 g/mol. The summed E-state index contributed by atoms with van der Waals surface area (Å²) in [7, 11) is 0. The van der Waals surface area contributed by atoms with Crippen molar-refractivity contribution in [2.45, 2.75) is 19.3 Å². The highest BCUT2D eigenvalue weighted by Gasteiger charge is 2.24. The van der Waals surface area contributed by atoms with Gasteiger partial charge in [-0.05, 0) is 43.4 Å². The molecule has 1 unspecified atom stereocenters. The Hall–Kier alpha value is -1.34. The molecule has 2 rings (SSSR count). The van der Waals surface area contributed by atoms with Crippen molar-refractivity contribution in [3.63, 3.8) is 0 Å². The maximum Gasteiger partial charge on any atom is 0.253 e. The molecule has 0 saturated carbocycles. The van der Waals surface area contributed by atoms with Crippen LogP contribution in [-0.2, 0) is 0 Å². The molecule has 0 N–H and O–H groups in total. The van der Waals surface area contributed by atoms with Crippen molar-refractivity contribution >= 4 is 21.8 Å². The summed E-state index contributed by atoms with van der Waals surface area (Å²) < 4.78 is 0. The summed E-state index contributed by atoms with van der Waals surface area (Å²) in [5, 5.41) is 9.88. The predicted octanol–water partition coefficient (Wildman–Crippen LogP) is 3.20. The number of halogens is 1. The third-order valence-electron chi connectivity index (χ3n) is 3.56. The number of benzene rings is 1. The summed E-state index contributed by atoms with van der Waals surface area (Å²) in [6.07, 6.45) is 3.39. The monoisotopic (exact) mass is 320 g/mol. The minimum absolute atomic E-state index is 0.0522. The van der Waals surface area contributed by atoms with E-state index in [0.717, 1.165) is 31.3 Å². The summed E-state index contributed by atoms with van der Waals surface area (Å²) in [4.78, 5) is 14.3. The molecule has 0 aliphatic carbocycles. The van der Waals surface area contributed by atoms with Crippen LogP contribution in [0, 0.1) is 17.2 Å². The highest BCUT2D eigenvalue weighted by atomic mass is 79.9. The molecule has 1 aliphatic heterocycles. The number of alkyl halides is 1. The molecule has 4 heteroatoms. The van der Waals surface area contributed by atoms with Crippen molar-refractivity contribution < 1.29 is 4.79 Å². The van der Waals surface area contributed by atoms with Gasteiger partial charge in [0.05, 0.1) is 11.6 Å². The fourth-order valence-electron chi connectivity index (χ4n) is 2.54. The summed E-state index contributed by atoms with van der Waals surface area (Å²) in [6.45, 7) is 1.66. The zero-order chi connectivity index (χ0) is 13.7. The van der Waals surface area contributed by atoms with E-state index in [2.05, 4.69) is 22.0 Å². The minimum atomic E-state index is 0.0522. The first-order chi connectivity index (χ1) is 9.24. The molecule has 1 aromatic rings. The topological polar surface area (TPSA) is 44.1 Å². The van der Waals surface area contributed by atoms with E-state index >= 15 is 0 Å². The lowest BCUT2D eigenvalue weighted by molar-refractivity contribution is 0.0672. The van der Waals surface area contributed by atoms with Crippen LogP contribution in [0.3, 0.4) is 0 Å². The Morgan fingerprint density at radius 1 is 1.53 bits per heavy atom. The minimum Gasteiger partial charge on any atom is -0.338 e. The highest BCUT2D eigenvalue weighted by molar-refractivity contribution is 9.09. The first-order valence-corrected chi connectivity index (χ1v) is 7.72. The van der Waals surface area contributed by atoms with Gasteiger partial charge in [0.1, 0.15) is 0 Å². The third kappa shape index (κ3) is 3.57. The summed E-state index contributed by atoms with van der Waals surface area (Å²) in [5.41, 5.74) is 1.17. The van der Waals surface area contributed by atoms with E-state index in [9.17, 15) is 4.79 Å². The van der Waals surface area contributed by atoms with Gasteiger partial charge in [0.25, 0.3) is 5.91 Å². The number of hydrogen-bond donors (Lipinski definition) is 0. The maximum absolute atomic E-state index is 12.4. The number of piperidine rings is 1. The Morgan fingerprint density at radius 3 is 3.11 bits per heavy atom. The highest BCUT2D eigenvalue weighted by Crippen LogP contribution is 2.22. The number of nitriles is 1. The van der Waals surface area contributed by atoms with E-state index in [1.807, 2.05) is 4.90 Å². The first kappa shape index (κ1) is 14.1. The van der Waals surface area contributed by atoms with Crippen LogP contribution in [0.2, 0.25) is 0 Å². The number of likely N-dealkylation sites (tertiary alicyclic amines) is 1. The zero-order valence-corrected chi connectivity index (χ0v) is 12.4. The number of rotatable bonds is 3. The molecule has 19 heavy (non-hydrogen) atoms. The van der Waals surface area contributed by atoms with Gasteiger partial charge in [0.15, 0.2) is 0 Å². The van der Waals surface area contributed by atoms with Crippen molar-refractivity contribution in [3.8, 4) is 6.07 Å². The van der Waals surface area contributed by atoms with E-state index in [0.29, 0.717) is 17.0 Å². The van der Waals surface area contributed by atoms with Crippen LogP contribution in [0.1, 0.15) is 35.2 Å². The SMILES string of the molecule is N#Cc1cccc(C(=O)N2CCCC(CCBr)C2)c1. The number of carbonyl (C=O) groups is 1. The molecule has 0 aromatic heterocycles. The average molecular weight is 321 g/mol. The molecule has 1 atom stereocenters. The molecule has 3 nitrogen and oxygen atoms in total. The molecule has 1 fully saturated rings. The van der Waals surface area contributed by atoms with Crippen LogP contribution in [0.4, 0.5) is 0 Å². The molecular formula is C15H17BrN2O. The molecule has 1 heterocycles. The van der Waals surface area contributed by atoms with Crippen molar-refractivity contribution in [2.24, 2.45) is 5.92 Å². The largest absolute Gasteiger partial charge is 0.338 e. The van der Waals surface area contributed by atoms with E-state index in [1.54, 1.807) is 24.3 Å². The van der Waals surface area contributed by atoms with Gasteiger partial charge in [-0.2, -0.15) is 5.26 Å². The van der Waals surface area contributed by atoms with Gasteiger partial charge in [-0.1, -0.05) is 22.0 Å². The van der Waals surface area contributed by atoms with Crippen LogP contribution in [0.15, 0.2) is 24.3 Å². The zero-order valence-electron chi connectivity index (χ0n) is 10.8. The van der Waals surface area contributed by atoms with E-state index < -0.39 is 0 Å². The van der Waals surface area contributed by atoms with Gasteiger partial charge in [-0.25, -0.2) is 0 Å². The van der Waals surface area contributed by atoms with Crippen LogP contribution in [0.5, 0.6) is 0 Å². The maximum atomic E-state index is 12.4. The molecule has 1 aromatic carbocycles. The number of hydrogen-bond acceptors (Lipinski definition) is 2. The van der Waals surface area contributed by atoms with Crippen molar-refractivity contribution in [1.82, 2.24) is 4.90 Å². The number of carbonyl (C=O) groups excluding carboxylic acids is 1. The Bertz CT molecular complexity index is 493. The lowest BCUT2D eigenvalue weighted by Gasteiger charge is -2.32. The molecule has 1 aliphatic rings. The molecule has 0 bridgehead atoms. The predicted molar refractivity (Wildman–Crippen MR) is 78.2 cm³/mol. The van der Waals surface area contributed by atoms with Gasteiger partial charge >= 0.3 is 0 Å². The molecule has 0 radical (unpaired) electrons. The fraction of sp³-hybridized carbons (Fsp3) is 0.467. The lowest BCUT2D eigenvalue weighted by Crippen LogP contribution is -2.40. The second kappa shape index (κ2) is 6.72. The van der Waals surface area contributed by atoms with Crippen LogP contribution in [-0.4, -0.2) is 29.2 Å². The van der Waals surface area contributed by atoms with E-state index in [1.165, 1.54) is 6.42 Å². The molecule has 1 amide bonds.